The molecule has 0 saturated heterocycles. The van der Waals surface area contributed by atoms with Gasteiger partial charge in [0.1, 0.15) is 5.82 Å². The summed E-state index contributed by atoms with van der Waals surface area (Å²) < 4.78 is 1.63. The molecule has 0 saturated carbocycles. The van der Waals surface area contributed by atoms with Gasteiger partial charge in [-0.1, -0.05) is 23.9 Å². The molecule has 3 aromatic rings. The summed E-state index contributed by atoms with van der Waals surface area (Å²) in [5, 5.41) is 1.21. The van der Waals surface area contributed by atoms with Crippen molar-refractivity contribution < 1.29 is 0 Å². The molecular formula is C14H15N7OS. The highest BCUT2D eigenvalue weighted by Crippen LogP contribution is 2.21. The number of hydrogen-bond donors (Lipinski definition) is 2. The number of nitrogens with zero attached hydrogens (tertiary/aromatic N) is 5. The number of nitrogens with two attached hydrogens (primary N) is 2. The van der Waals surface area contributed by atoms with Gasteiger partial charge in [0.2, 0.25) is 11.9 Å². The van der Waals surface area contributed by atoms with Gasteiger partial charge >= 0.3 is 0 Å². The highest BCUT2D eigenvalue weighted by atomic mass is 32.2. The summed E-state index contributed by atoms with van der Waals surface area (Å²) >= 11 is 1.36. The van der Waals surface area contributed by atoms with Crippen molar-refractivity contribution in [1.29, 1.82) is 0 Å². The largest absolute Gasteiger partial charge is 0.368 e. The lowest BCUT2D eigenvalue weighted by Gasteiger charge is -2.10. The zero-order chi connectivity index (χ0) is 16.4. The minimum absolute atomic E-state index is 0.0599. The van der Waals surface area contributed by atoms with Crippen LogP contribution in [0.15, 0.2) is 34.2 Å². The van der Waals surface area contributed by atoms with Crippen LogP contribution in [0.5, 0.6) is 0 Å². The number of fused-ring (bicyclic) bond motifs is 1. The summed E-state index contributed by atoms with van der Waals surface area (Å²) in [7, 11) is 0. The van der Waals surface area contributed by atoms with Crippen molar-refractivity contribution in [3.63, 3.8) is 0 Å². The van der Waals surface area contributed by atoms with Gasteiger partial charge in [-0.25, -0.2) is 4.98 Å². The predicted molar refractivity (Wildman–Crippen MR) is 89.9 cm³/mol. The molecule has 3 rings (SSSR count). The Bertz CT molecular complexity index is 904. The van der Waals surface area contributed by atoms with Crippen molar-refractivity contribution in [2.75, 3.05) is 11.5 Å². The fourth-order valence-electron chi connectivity index (χ4n) is 2.19. The molecule has 0 fully saturated rings. The molecule has 0 radical (unpaired) electrons. The average molecular weight is 329 g/mol. The number of benzene rings is 1. The monoisotopic (exact) mass is 329 g/mol. The molecule has 9 heteroatoms. The highest BCUT2D eigenvalue weighted by molar-refractivity contribution is 7.98. The van der Waals surface area contributed by atoms with E-state index < -0.39 is 0 Å². The maximum Gasteiger partial charge on any atom is 0.262 e. The molecule has 2 heterocycles. The number of hydrogen-bond acceptors (Lipinski definition) is 8. The Morgan fingerprint density at radius 3 is 2.48 bits per heavy atom. The van der Waals surface area contributed by atoms with Gasteiger partial charge in [-0.2, -0.15) is 15.0 Å². The van der Waals surface area contributed by atoms with Crippen molar-refractivity contribution in [2.24, 2.45) is 0 Å². The molecule has 118 valence electrons. The van der Waals surface area contributed by atoms with E-state index in [1.54, 1.807) is 10.6 Å². The van der Waals surface area contributed by atoms with E-state index in [9.17, 15) is 4.79 Å². The first-order chi connectivity index (χ1) is 11.1. The van der Waals surface area contributed by atoms with Crippen molar-refractivity contribution >= 4 is 34.6 Å². The standard InChI is InChI=1S/C14H15N7OS/c1-2-21-11(22)8-5-3-4-6-9(8)17-14(21)23-7-10-18-12(15)20-13(16)19-10/h3-6H,2,7H2,1H3,(H4,15,16,18,19,20). The summed E-state index contributed by atoms with van der Waals surface area (Å²) in [6.07, 6.45) is 0. The molecule has 23 heavy (non-hydrogen) atoms. The third-order valence-electron chi connectivity index (χ3n) is 3.19. The van der Waals surface area contributed by atoms with Crippen LogP contribution in [0.3, 0.4) is 0 Å². The molecule has 0 atom stereocenters. The van der Waals surface area contributed by atoms with Crippen LogP contribution in [0.25, 0.3) is 10.9 Å². The maximum atomic E-state index is 12.5. The third kappa shape index (κ3) is 3.09. The van der Waals surface area contributed by atoms with Gasteiger partial charge in [-0.05, 0) is 19.1 Å². The molecule has 0 aliphatic carbocycles. The molecule has 0 spiro atoms. The van der Waals surface area contributed by atoms with Crippen LogP contribution in [0.1, 0.15) is 12.7 Å². The van der Waals surface area contributed by atoms with Gasteiger partial charge in [0.25, 0.3) is 5.56 Å². The first-order valence-electron chi connectivity index (χ1n) is 6.96. The van der Waals surface area contributed by atoms with Gasteiger partial charge in [0.15, 0.2) is 5.16 Å². The van der Waals surface area contributed by atoms with E-state index in [0.29, 0.717) is 34.2 Å². The average Bonchev–Trinajstić information content (AvgIpc) is 2.52. The van der Waals surface area contributed by atoms with Crippen molar-refractivity contribution in [3.8, 4) is 0 Å². The minimum Gasteiger partial charge on any atom is -0.368 e. The van der Waals surface area contributed by atoms with Crippen molar-refractivity contribution in [3.05, 3.63) is 40.4 Å². The van der Waals surface area contributed by atoms with Crippen LogP contribution in [-0.2, 0) is 12.3 Å². The molecule has 4 N–H and O–H groups in total. The lowest BCUT2D eigenvalue weighted by atomic mass is 10.2. The van der Waals surface area contributed by atoms with Crippen LogP contribution >= 0.6 is 11.8 Å². The van der Waals surface area contributed by atoms with E-state index in [1.165, 1.54) is 11.8 Å². The quantitative estimate of drug-likeness (QED) is 0.537. The smallest absolute Gasteiger partial charge is 0.262 e. The minimum atomic E-state index is -0.0599. The summed E-state index contributed by atoms with van der Waals surface area (Å²) in [5.74, 6) is 0.992. The Kier molecular flexibility index (Phi) is 4.11. The Hall–Kier alpha value is -2.68. The van der Waals surface area contributed by atoms with Gasteiger partial charge in [0, 0.05) is 6.54 Å². The first-order valence-corrected chi connectivity index (χ1v) is 7.95. The van der Waals surface area contributed by atoms with Crippen LogP contribution in [-0.4, -0.2) is 24.5 Å². The highest BCUT2D eigenvalue weighted by Gasteiger charge is 2.11. The van der Waals surface area contributed by atoms with E-state index in [-0.39, 0.29) is 17.5 Å². The molecule has 8 nitrogen and oxygen atoms in total. The Morgan fingerprint density at radius 1 is 1.09 bits per heavy atom. The van der Waals surface area contributed by atoms with E-state index in [4.69, 9.17) is 11.5 Å². The Morgan fingerprint density at radius 2 is 1.78 bits per heavy atom. The second kappa shape index (κ2) is 6.21. The van der Waals surface area contributed by atoms with Crippen LogP contribution in [0.2, 0.25) is 0 Å². The first kappa shape index (κ1) is 15.2. The third-order valence-corrected chi connectivity index (χ3v) is 4.16. The molecule has 0 bridgehead atoms. The predicted octanol–water partition coefficient (Wildman–Crippen LogP) is 1.06. The van der Waals surface area contributed by atoms with E-state index >= 15 is 0 Å². The summed E-state index contributed by atoms with van der Waals surface area (Å²) in [4.78, 5) is 28.9. The molecule has 0 aliphatic rings. The SMILES string of the molecule is CCn1c(SCc2nc(N)nc(N)n2)nc2ccccc2c1=O. The number of para-hydroxylation sites is 1. The Labute approximate surface area is 136 Å². The van der Waals surface area contributed by atoms with Gasteiger partial charge in [0.05, 0.1) is 16.7 Å². The maximum absolute atomic E-state index is 12.5. The zero-order valence-corrected chi connectivity index (χ0v) is 13.2. The summed E-state index contributed by atoms with van der Waals surface area (Å²) in [6.45, 7) is 2.43. The second-order valence-corrected chi connectivity index (χ2v) is 5.66. The number of anilines is 2. The molecule has 2 aromatic heterocycles. The van der Waals surface area contributed by atoms with Crippen LogP contribution in [0.4, 0.5) is 11.9 Å². The summed E-state index contributed by atoms with van der Waals surface area (Å²) in [6, 6.07) is 7.28. The van der Waals surface area contributed by atoms with Gasteiger partial charge in [-0.3, -0.25) is 9.36 Å². The normalized spacial score (nSPS) is 11.0. The fourth-order valence-corrected chi connectivity index (χ4v) is 3.11. The Balaban J connectivity index is 1.97. The van der Waals surface area contributed by atoms with Crippen molar-refractivity contribution in [2.45, 2.75) is 24.4 Å². The lowest BCUT2D eigenvalue weighted by Crippen LogP contribution is -2.22. The van der Waals surface area contributed by atoms with E-state index in [1.807, 2.05) is 25.1 Å². The number of rotatable bonds is 4. The lowest BCUT2D eigenvalue weighted by molar-refractivity contribution is 0.634. The molecule has 0 unspecified atom stereocenters. The second-order valence-electron chi connectivity index (χ2n) is 4.72. The molecular weight excluding hydrogens is 314 g/mol. The van der Waals surface area contributed by atoms with E-state index in [0.717, 1.165) is 0 Å². The zero-order valence-electron chi connectivity index (χ0n) is 12.4. The van der Waals surface area contributed by atoms with E-state index in [2.05, 4.69) is 19.9 Å². The number of thioether (sulfide) groups is 1. The summed E-state index contributed by atoms with van der Waals surface area (Å²) in [5.41, 5.74) is 11.7. The van der Waals surface area contributed by atoms with Gasteiger partial charge in [-0.15, -0.1) is 0 Å². The number of aromatic nitrogens is 5. The molecule has 0 amide bonds. The number of nitrogen functional groups attached to an aromatic ring is 2. The molecule has 1 aromatic carbocycles. The van der Waals surface area contributed by atoms with Crippen LogP contribution in [0, 0.1) is 0 Å². The van der Waals surface area contributed by atoms with Crippen molar-refractivity contribution in [1.82, 2.24) is 24.5 Å². The molecule has 0 aliphatic heterocycles. The fraction of sp³-hybridized carbons (Fsp3) is 0.214. The van der Waals surface area contributed by atoms with Crippen LogP contribution < -0.4 is 17.0 Å². The topological polar surface area (TPSA) is 126 Å². The van der Waals surface area contributed by atoms with Gasteiger partial charge < -0.3 is 11.5 Å².